The number of benzene rings is 1. The number of allylic oxidation sites excluding steroid dienone is 1. The molecule has 2 atom stereocenters. The van der Waals surface area contributed by atoms with Gasteiger partial charge in [-0.1, -0.05) is 49.9 Å². The molecule has 3 rings (SSSR count). The van der Waals surface area contributed by atoms with Gasteiger partial charge in [0.25, 0.3) is 0 Å². The van der Waals surface area contributed by atoms with Crippen molar-refractivity contribution in [1.82, 2.24) is 19.8 Å². The molecular formula is C38H52N6O4. The van der Waals surface area contributed by atoms with Gasteiger partial charge in [0.1, 0.15) is 12.2 Å². The van der Waals surface area contributed by atoms with Gasteiger partial charge in [0.05, 0.1) is 36.0 Å². The van der Waals surface area contributed by atoms with Crippen molar-refractivity contribution in [2.75, 3.05) is 5.32 Å². The first-order valence-corrected chi connectivity index (χ1v) is 16.4. The number of ether oxygens (including phenoxy) is 2. The molecule has 0 saturated carbocycles. The maximum Gasteiger partial charge on any atom is 0.412 e. The number of aliphatic imine (C=N–C) groups is 1. The summed E-state index contributed by atoms with van der Waals surface area (Å²) in [5.41, 5.74) is 5.62. The molecule has 2 N–H and O–H groups in total. The van der Waals surface area contributed by atoms with Crippen LogP contribution < -0.4 is 10.6 Å². The Balaban J connectivity index is 1.66. The van der Waals surface area contributed by atoms with E-state index in [9.17, 15) is 9.59 Å². The minimum absolute atomic E-state index is 0.105. The molecule has 0 aliphatic heterocycles. The van der Waals surface area contributed by atoms with E-state index in [-0.39, 0.29) is 25.2 Å². The van der Waals surface area contributed by atoms with E-state index in [0.29, 0.717) is 17.8 Å². The van der Waals surface area contributed by atoms with Crippen LogP contribution in [0.15, 0.2) is 72.5 Å². The van der Waals surface area contributed by atoms with Gasteiger partial charge in [-0.2, -0.15) is 0 Å². The number of pyridine rings is 1. The lowest BCUT2D eigenvalue weighted by Gasteiger charge is -2.32. The fourth-order valence-electron chi connectivity index (χ4n) is 5.39. The molecule has 0 spiro atoms. The number of nitrogens with zero attached hydrogens (tertiary/aromatic N) is 4. The quantitative estimate of drug-likeness (QED) is 0.141. The van der Waals surface area contributed by atoms with E-state index in [0.717, 1.165) is 29.1 Å². The zero-order valence-corrected chi connectivity index (χ0v) is 30.0. The summed E-state index contributed by atoms with van der Waals surface area (Å²) < 4.78 is 13.2. The van der Waals surface area contributed by atoms with Crippen LogP contribution in [-0.4, -0.2) is 50.2 Å². The molecule has 3 aromatic rings. The minimum Gasteiger partial charge on any atom is -0.444 e. The van der Waals surface area contributed by atoms with Crippen LogP contribution in [0.5, 0.6) is 0 Å². The van der Waals surface area contributed by atoms with E-state index < -0.39 is 17.8 Å². The number of aromatic nitrogens is 2. The lowest BCUT2D eigenvalue weighted by atomic mass is 10.1. The highest BCUT2D eigenvalue weighted by molar-refractivity contribution is 5.89. The van der Waals surface area contributed by atoms with E-state index >= 15 is 0 Å². The van der Waals surface area contributed by atoms with E-state index in [4.69, 9.17) is 14.5 Å². The molecule has 258 valence electrons. The van der Waals surface area contributed by atoms with Gasteiger partial charge in [-0.3, -0.25) is 20.2 Å². The predicted molar refractivity (Wildman–Crippen MR) is 195 cm³/mol. The Labute approximate surface area is 286 Å². The molecule has 2 amide bonds. The molecule has 2 heterocycles. The topological polar surface area (TPSA) is 110 Å². The zero-order valence-electron chi connectivity index (χ0n) is 30.0. The van der Waals surface area contributed by atoms with Gasteiger partial charge in [-0.15, -0.1) is 0 Å². The Bertz CT molecular complexity index is 1590. The summed E-state index contributed by atoms with van der Waals surface area (Å²) in [5, 5.41) is 6.07. The largest absolute Gasteiger partial charge is 0.444 e. The number of rotatable bonds is 13. The minimum atomic E-state index is -0.664. The van der Waals surface area contributed by atoms with E-state index in [1.165, 1.54) is 11.3 Å². The fraction of sp³-hybridized carbons (Fsp3) is 0.421. The van der Waals surface area contributed by atoms with Crippen LogP contribution >= 0.6 is 0 Å². The summed E-state index contributed by atoms with van der Waals surface area (Å²) in [7, 11) is 2.04. The van der Waals surface area contributed by atoms with Crippen molar-refractivity contribution in [2.45, 2.75) is 99.1 Å². The molecule has 0 aliphatic carbocycles. The maximum absolute atomic E-state index is 13.4. The Kier molecular flexibility index (Phi) is 13.6. The smallest absolute Gasteiger partial charge is 0.412 e. The summed E-state index contributed by atoms with van der Waals surface area (Å²) >= 11 is 0. The van der Waals surface area contributed by atoms with E-state index in [1.54, 1.807) is 23.2 Å². The molecule has 2 aromatic heterocycles. The average Bonchev–Trinajstić information content (AvgIpc) is 3.34. The van der Waals surface area contributed by atoms with Crippen molar-refractivity contribution >= 4 is 35.5 Å². The first-order valence-electron chi connectivity index (χ1n) is 16.4. The van der Waals surface area contributed by atoms with Crippen molar-refractivity contribution in [3.05, 3.63) is 95.6 Å². The fourth-order valence-corrected chi connectivity index (χ4v) is 5.39. The number of hydrogen-bond acceptors (Lipinski definition) is 6. The molecular weight excluding hydrogens is 604 g/mol. The second-order valence-corrected chi connectivity index (χ2v) is 13.0. The first kappa shape index (κ1) is 37.6. The molecule has 0 fully saturated rings. The number of amides is 2. The summed E-state index contributed by atoms with van der Waals surface area (Å²) in [6.07, 6.45) is 8.26. The SMILES string of the molecule is C=C(NC(C)=NC(C)CC(C)N(Cc1ccc(NC(=O)OCc2ccccc2)cn1)C(=O)OC(C)(C)C)c1cn(C)c(C=CC)c1CC. The van der Waals surface area contributed by atoms with Gasteiger partial charge >= 0.3 is 12.2 Å². The number of carbonyl (C=O) groups is 2. The monoisotopic (exact) mass is 656 g/mol. The normalized spacial score (nSPS) is 13.1. The summed E-state index contributed by atoms with van der Waals surface area (Å²) in [4.78, 5) is 36.7. The Morgan fingerprint density at radius 1 is 1.15 bits per heavy atom. The van der Waals surface area contributed by atoms with Crippen LogP contribution in [0.25, 0.3) is 11.8 Å². The predicted octanol–water partition coefficient (Wildman–Crippen LogP) is 8.35. The average molecular weight is 657 g/mol. The summed E-state index contributed by atoms with van der Waals surface area (Å²) in [6, 6.07) is 12.6. The third kappa shape index (κ3) is 11.4. The highest BCUT2D eigenvalue weighted by atomic mass is 16.6. The van der Waals surface area contributed by atoms with Crippen molar-refractivity contribution < 1.29 is 19.1 Å². The standard InChI is InChI=1S/C38H52N6O4/c1-11-16-35-33(12-2)34(24-43(35)10)28(5)41-29(6)40-26(3)21-27(4)44(37(46)48-38(7,8)9)23-32-20-19-31(22-39-32)42-36(45)47-25-30-17-14-13-15-18-30/h11,13-20,22,24,26-27H,5,12,21,23,25H2,1-4,6-10H3,(H,40,41)(H,42,45). The molecule has 2 unspecified atom stereocenters. The van der Waals surface area contributed by atoms with Crippen molar-refractivity contribution in [3.8, 4) is 0 Å². The van der Waals surface area contributed by atoms with Crippen molar-refractivity contribution in [2.24, 2.45) is 12.0 Å². The van der Waals surface area contributed by atoms with Crippen LogP contribution in [0.4, 0.5) is 15.3 Å². The Morgan fingerprint density at radius 2 is 1.85 bits per heavy atom. The maximum atomic E-state index is 13.4. The number of hydrogen-bond donors (Lipinski definition) is 2. The van der Waals surface area contributed by atoms with Gasteiger partial charge in [-0.25, -0.2) is 9.59 Å². The van der Waals surface area contributed by atoms with Gasteiger partial charge < -0.3 is 19.4 Å². The molecule has 10 nitrogen and oxygen atoms in total. The number of aryl methyl sites for hydroxylation is 1. The summed E-state index contributed by atoms with van der Waals surface area (Å²) in [5.74, 6) is 0.744. The molecule has 10 heteroatoms. The number of amidine groups is 1. The highest BCUT2D eigenvalue weighted by Crippen LogP contribution is 2.24. The molecule has 0 radical (unpaired) electrons. The van der Waals surface area contributed by atoms with Crippen LogP contribution in [0.2, 0.25) is 0 Å². The van der Waals surface area contributed by atoms with E-state index in [2.05, 4.69) is 46.0 Å². The molecule has 0 saturated heterocycles. The zero-order chi connectivity index (χ0) is 35.4. The molecule has 1 aromatic carbocycles. The lowest BCUT2D eigenvalue weighted by molar-refractivity contribution is 0.0141. The van der Waals surface area contributed by atoms with Gasteiger partial charge in [-0.05, 0) is 90.6 Å². The number of nitrogens with one attached hydrogen (secondary N) is 2. The van der Waals surface area contributed by atoms with Crippen molar-refractivity contribution in [3.63, 3.8) is 0 Å². The summed E-state index contributed by atoms with van der Waals surface area (Å²) in [6.45, 7) is 20.3. The number of anilines is 1. The van der Waals surface area contributed by atoms with E-state index in [1.807, 2.05) is 91.9 Å². The second kappa shape index (κ2) is 17.3. The molecule has 48 heavy (non-hydrogen) atoms. The van der Waals surface area contributed by atoms with Gasteiger partial charge in [0.2, 0.25) is 0 Å². The number of carbonyl (C=O) groups excluding carboxylic acids is 2. The Morgan fingerprint density at radius 3 is 2.46 bits per heavy atom. The van der Waals surface area contributed by atoms with Crippen LogP contribution in [0.3, 0.4) is 0 Å². The van der Waals surface area contributed by atoms with Gasteiger partial charge in [0.15, 0.2) is 0 Å². The van der Waals surface area contributed by atoms with Crippen LogP contribution in [-0.2, 0) is 36.1 Å². The third-order valence-corrected chi connectivity index (χ3v) is 7.54. The first-order chi connectivity index (χ1) is 22.7. The lowest BCUT2D eigenvalue weighted by Crippen LogP contribution is -2.43. The van der Waals surface area contributed by atoms with Gasteiger partial charge in [0, 0.05) is 36.2 Å². The highest BCUT2D eigenvalue weighted by Gasteiger charge is 2.28. The molecule has 0 aliphatic rings. The second-order valence-electron chi connectivity index (χ2n) is 13.0. The van der Waals surface area contributed by atoms with Crippen LogP contribution in [0.1, 0.15) is 89.9 Å². The Hall–Kier alpha value is -4.86. The molecule has 0 bridgehead atoms. The van der Waals surface area contributed by atoms with Crippen LogP contribution in [0, 0.1) is 0 Å². The third-order valence-electron chi connectivity index (χ3n) is 7.54. The van der Waals surface area contributed by atoms with Crippen molar-refractivity contribution in [1.29, 1.82) is 0 Å².